The molecule has 0 unspecified atom stereocenters. The van der Waals surface area contributed by atoms with Gasteiger partial charge in [-0.05, 0) is 55.7 Å². The second kappa shape index (κ2) is 7.75. The summed E-state index contributed by atoms with van der Waals surface area (Å²) in [5, 5.41) is 20.1. The van der Waals surface area contributed by atoms with Gasteiger partial charge in [0.25, 0.3) is 5.91 Å². The average molecular weight is 426 g/mol. The largest absolute Gasteiger partial charge is 0.380 e. The first-order valence-electron chi connectivity index (χ1n) is 10.9. The van der Waals surface area contributed by atoms with Crippen LogP contribution in [-0.2, 0) is 22.6 Å². The van der Waals surface area contributed by atoms with Crippen molar-refractivity contribution in [2.24, 2.45) is 11.3 Å². The van der Waals surface area contributed by atoms with E-state index in [1.54, 1.807) is 6.20 Å². The van der Waals surface area contributed by atoms with Crippen molar-refractivity contribution in [1.29, 1.82) is 0 Å². The van der Waals surface area contributed by atoms with Gasteiger partial charge in [-0.3, -0.25) is 14.3 Å². The number of anilines is 1. The number of carbonyl (C=O) groups excluding carboxylic acids is 2. The molecular formula is C23H31N5O3. The standard InChI is InChI=1S/C23H31N5O3/c1-14(9-15(2)26-21(30)23(31)6-7-23)20(29)27-19-10-16(5-8-24-19)17-12-25-28-13-22(3,4)11-18(17)28/h5,8,10,12,14-15,31H,6-7,9,11,13H2,1-4H3,(H,26,30)(H,24,27,29)/t14-,15+/m0/s1. The van der Waals surface area contributed by atoms with Crippen LogP contribution in [0.1, 0.15) is 52.7 Å². The van der Waals surface area contributed by atoms with Gasteiger partial charge in [-0.15, -0.1) is 0 Å². The van der Waals surface area contributed by atoms with Crippen molar-refractivity contribution in [3.05, 3.63) is 30.2 Å². The Morgan fingerprint density at radius 1 is 1.29 bits per heavy atom. The van der Waals surface area contributed by atoms with Crippen LogP contribution in [-0.4, -0.2) is 43.3 Å². The number of nitrogens with zero attached hydrogens (tertiary/aromatic N) is 3. The number of fused-ring (bicyclic) bond motifs is 1. The monoisotopic (exact) mass is 425 g/mol. The molecule has 3 heterocycles. The lowest BCUT2D eigenvalue weighted by atomic mass is 9.90. The SMILES string of the molecule is C[C@H](C[C@H](C)C(=O)Nc1cc(-c2cnn3c2CC(C)(C)C3)ccn1)NC(=O)C1(O)CC1. The number of pyridine rings is 1. The predicted molar refractivity (Wildman–Crippen MR) is 117 cm³/mol. The number of rotatable bonds is 7. The Bertz CT molecular complexity index is 1010. The van der Waals surface area contributed by atoms with E-state index in [9.17, 15) is 14.7 Å². The summed E-state index contributed by atoms with van der Waals surface area (Å²) >= 11 is 0. The van der Waals surface area contributed by atoms with Crippen LogP contribution in [0.15, 0.2) is 24.5 Å². The molecule has 31 heavy (non-hydrogen) atoms. The Labute approximate surface area is 182 Å². The third-order valence-electron chi connectivity index (χ3n) is 6.17. The Morgan fingerprint density at radius 3 is 2.74 bits per heavy atom. The first-order valence-corrected chi connectivity index (χ1v) is 10.9. The summed E-state index contributed by atoms with van der Waals surface area (Å²) in [5.74, 6) is -0.331. The topological polar surface area (TPSA) is 109 Å². The molecule has 2 aliphatic rings. The second-order valence-electron chi connectivity index (χ2n) is 9.97. The zero-order valence-electron chi connectivity index (χ0n) is 18.6. The van der Waals surface area contributed by atoms with E-state index in [1.807, 2.05) is 32.2 Å². The fourth-order valence-electron chi connectivity index (χ4n) is 4.20. The summed E-state index contributed by atoms with van der Waals surface area (Å²) in [6, 6.07) is 3.60. The lowest BCUT2D eigenvalue weighted by Gasteiger charge is -2.20. The van der Waals surface area contributed by atoms with E-state index >= 15 is 0 Å². The predicted octanol–water partition coefficient (Wildman–Crippen LogP) is 2.52. The minimum absolute atomic E-state index is 0.155. The Kier molecular flexibility index (Phi) is 5.37. The lowest BCUT2D eigenvalue weighted by molar-refractivity contribution is -0.132. The molecule has 0 aromatic carbocycles. The Balaban J connectivity index is 1.38. The molecule has 1 saturated carbocycles. The van der Waals surface area contributed by atoms with Gasteiger partial charge in [0.2, 0.25) is 5.91 Å². The lowest BCUT2D eigenvalue weighted by Crippen LogP contribution is -2.42. The molecule has 1 aliphatic heterocycles. The quantitative estimate of drug-likeness (QED) is 0.632. The van der Waals surface area contributed by atoms with Crippen LogP contribution in [0, 0.1) is 11.3 Å². The van der Waals surface area contributed by atoms with Gasteiger partial charge in [0, 0.05) is 36.0 Å². The molecule has 2 atom stereocenters. The second-order valence-corrected chi connectivity index (χ2v) is 9.97. The molecule has 1 aliphatic carbocycles. The molecule has 2 amide bonds. The normalized spacial score (nSPS) is 19.9. The van der Waals surface area contributed by atoms with Crippen molar-refractivity contribution in [3.63, 3.8) is 0 Å². The third kappa shape index (κ3) is 4.63. The summed E-state index contributed by atoms with van der Waals surface area (Å²) in [6.07, 6.45) is 6.01. The summed E-state index contributed by atoms with van der Waals surface area (Å²) in [6.45, 7) is 9.04. The van der Waals surface area contributed by atoms with Gasteiger partial charge in [0.1, 0.15) is 11.4 Å². The molecule has 1 fully saturated rings. The third-order valence-corrected chi connectivity index (χ3v) is 6.17. The van der Waals surface area contributed by atoms with E-state index in [-0.39, 0.29) is 29.2 Å². The highest BCUT2D eigenvalue weighted by atomic mass is 16.3. The van der Waals surface area contributed by atoms with Gasteiger partial charge in [0.15, 0.2) is 0 Å². The van der Waals surface area contributed by atoms with Crippen molar-refractivity contribution in [2.45, 2.75) is 71.6 Å². The first-order chi connectivity index (χ1) is 14.6. The molecule has 8 nitrogen and oxygen atoms in total. The van der Waals surface area contributed by atoms with E-state index in [4.69, 9.17) is 0 Å². The van der Waals surface area contributed by atoms with Crippen LogP contribution >= 0.6 is 0 Å². The molecule has 0 radical (unpaired) electrons. The number of hydrogen-bond acceptors (Lipinski definition) is 5. The van der Waals surface area contributed by atoms with Crippen molar-refractivity contribution in [2.75, 3.05) is 5.32 Å². The van der Waals surface area contributed by atoms with E-state index in [2.05, 4.69) is 39.2 Å². The van der Waals surface area contributed by atoms with Gasteiger partial charge in [-0.2, -0.15) is 5.10 Å². The molecule has 2 aromatic rings. The van der Waals surface area contributed by atoms with Crippen molar-refractivity contribution < 1.29 is 14.7 Å². The smallest absolute Gasteiger partial charge is 0.252 e. The molecule has 4 rings (SSSR count). The van der Waals surface area contributed by atoms with Gasteiger partial charge < -0.3 is 15.7 Å². The molecule has 2 aromatic heterocycles. The summed E-state index contributed by atoms with van der Waals surface area (Å²) in [7, 11) is 0. The molecule has 166 valence electrons. The molecule has 0 saturated heterocycles. The maximum absolute atomic E-state index is 12.7. The molecule has 8 heteroatoms. The van der Waals surface area contributed by atoms with Crippen LogP contribution in [0.5, 0.6) is 0 Å². The van der Waals surface area contributed by atoms with Gasteiger partial charge in [0.05, 0.1) is 6.20 Å². The highest BCUT2D eigenvalue weighted by Crippen LogP contribution is 2.37. The maximum Gasteiger partial charge on any atom is 0.252 e. The van der Waals surface area contributed by atoms with E-state index in [1.165, 1.54) is 5.69 Å². The Morgan fingerprint density at radius 2 is 2.03 bits per heavy atom. The van der Waals surface area contributed by atoms with E-state index < -0.39 is 5.60 Å². The van der Waals surface area contributed by atoms with Gasteiger partial charge in [-0.1, -0.05) is 20.8 Å². The van der Waals surface area contributed by atoms with Gasteiger partial charge >= 0.3 is 0 Å². The highest BCUT2D eigenvalue weighted by molar-refractivity contribution is 5.92. The van der Waals surface area contributed by atoms with Gasteiger partial charge in [-0.25, -0.2) is 4.98 Å². The fraction of sp³-hybridized carbons (Fsp3) is 0.565. The highest BCUT2D eigenvalue weighted by Gasteiger charge is 2.48. The van der Waals surface area contributed by atoms with Crippen LogP contribution in [0.4, 0.5) is 5.82 Å². The van der Waals surface area contributed by atoms with E-state index in [0.29, 0.717) is 25.1 Å². The minimum Gasteiger partial charge on any atom is -0.380 e. The van der Waals surface area contributed by atoms with Crippen LogP contribution in [0.3, 0.4) is 0 Å². The van der Waals surface area contributed by atoms with Crippen molar-refractivity contribution in [1.82, 2.24) is 20.1 Å². The van der Waals surface area contributed by atoms with Crippen molar-refractivity contribution in [3.8, 4) is 11.1 Å². The summed E-state index contributed by atoms with van der Waals surface area (Å²) < 4.78 is 2.06. The van der Waals surface area contributed by atoms with Crippen LogP contribution in [0.25, 0.3) is 11.1 Å². The Hall–Kier alpha value is -2.74. The zero-order valence-corrected chi connectivity index (χ0v) is 18.6. The molecule has 3 N–H and O–H groups in total. The molecular weight excluding hydrogens is 394 g/mol. The van der Waals surface area contributed by atoms with Crippen molar-refractivity contribution >= 4 is 17.6 Å². The first kappa shape index (κ1) is 21.5. The molecule has 0 spiro atoms. The molecule has 0 bridgehead atoms. The average Bonchev–Trinajstić information content (AvgIpc) is 3.22. The minimum atomic E-state index is -1.20. The summed E-state index contributed by atoms with van der Waals surface area (Å²) in [4.78, 5) is 29.0. The number of nitrogens with one attached hydrogen (secondary N) is 2. The zero-order chi connectivity index (χ0) is 22.4. The van der Waals surface area contributed by atoms with Crippen LogP contribution < -0.4 is 10.6 Å². The van der Waals surface area contributed by atoms with E-state index in [0.717, 1.165) is 24.1 Å². The number of aliphatic hydroxyl groups is 1. The fourth-order valence-corrected chi connectivity index (χ4v) is 4.20. The number of hydrogen-bond donors (Lipinski definition) is 3. The maximum atomic E-state index is 12.7. The number of aromatic nitrogens is 3. The number of amides is 2. The van der Waals surface area contributed by atoms with Crippen LogP contribution in [0.2, 0.25) is 0 Å². The summed E-state index contributed by atoms with van der Waals surface area (Å²) in [5.41, 5.74) is 2.26. The number of carbonyl (C=O) groups is 2.